The van der Waals surface area contributed by atoms with E-state index >= 15 is 0 Å². The minimum Gasteiger partial charge on any atom is -0.508 e. The molecule has 0 saturated heterocycles. The van der Waals surface area contributed by atoms with Crippen LogP contribution in [0.15, 0.2) is 182 Å². The quantitative estimate of drug-likeness (QED) is 0.0342. The fraction of sp³-hybridized carbons (Fsp3) is 0.429. The van der Waals surface area contributed by atoms with Gasteiger partial charge < -0.3 is 56.2 Å². The van der Waals surface area contributed by atoms with Gasteiger partial charge in [-0.15, -0.1) is 0 Å². The maximum Gasteiger partial charge on any atom is 0.123 e. The summed E-state index contributed by atoms with van der Waals surface area (Å²) in [5.74, 6) is 6.67. The van der Waals surface area contributed by atoms with Crippen LogP contribution in [-0.2, 0) is 32.1 Å². The third kappa shape index (κ3) is 36.4. The van der Waals surface area contributed by atoms with Crippen molar-refractivity contribution in [2.75, 3.05) is 0 Å². The number of aromatic hydroxyl groups is 11. The molecule has 0 aliphatic heterocycles. The van der Waals surface area contributed by atoms with E-state index < -0.39 is 0 Å². The van der Waals surface area contributed by atoms with Crippen molar-refractivity contribution in [1.82, 2.24) is 0 Å². The van der Waals surface area contributed by atoms with Crippen molar-refractivity contribution >= 4 is 0 Å². The van der Waals surface area contributed by atoms with Gasteiger partial charge in [-0.25, -0.2) is 0 Å². The smallest absolute Gasteiger partial charge is 0.123 e. The molecule has 12 aromatic rings. The third-order valence-corrected chi connectivity index (χ3v) is 27.7. The summed E-state index contributed by atoms with van der Waals surface area (Å²) in [6, 6.07) is 56.8. The highest BCUT2D eigenvalue weighted by molar-refractivity contribution is 5.52. The second-order valence-electron chi connectivity index (χ2n) is 39.3. The average Bonchev–Trinajstić information content (AvgIpc) is 1.73. The van der Waals surface area contributed by atoms with Crippen molar-refractivity contribution in [3.63, 3.8) is 0 Å². The number of unbranched alkanes of at least 4 members (excludes halogenated alkanes) is 4. The summed E-state index contributed by atoms with van der Waals surface area (Å²) < 4.78 is 0. The lowest BCUT2D eigenvalue weighted by Gasteiger charge is -2.25. The number of benzene rings is 12. The normalized spacial score (nSPS) is 12.9. The standard InChI is InChI=1S/C15H16O2.C15H16O.C14H20O.C14H22O.C13H18O.2C12H18O.C11H14O.2C10H14O/c1-10-8-13(16)9-14(17)15(10)11(2)12-6-4-3-5-7-12;1-11-8-14(16)9-12(2)15(11)10-13-6-4-3-5-7-13;1-10-8-13(15)9-11(2)14(10)12-6-4-3-5-7-12;1-4-5-6-7-8-14-11(2)9-13(15)10-12(14)3;1-9-7-12(14)8-10(2)13(9)11-5-3-4-6-11;1-5-8(2)12-9(3)6-11(13)7-10(12)4;1-4-5-6-12-9(2)7-11(13)8-10(12)3;1-7-5-10(12)6-8(2)11(7)9-3-4-9;2*1-4-10-7(2)5-9(11)6-8(10)3/h3-9,11,16-17H,1-2H3;3-9,16H,10H2,1-2H3;8-9,12,15H,3-7H2,1-2H3;9-10,15H,4-8H2,1-3H3;7-8,11,14H,3-6H2,1-2H3;6-8,13H,5H2,1-4H3;7-8,13H,4-6H2,1-3H3;5-6,9,12H,3-4H2,1-2H3;2*5-6,11H,4H2,1-3H3. The molecular weight excluding hydrogens is 1690 g/mol. The van der Waals surface area contributed by atoms with Gasteiger partial charge >= 0.3 is 0 Å². The summed E-state index contributed by atoms with van der Waals surface area (Å²) in [5, 5.41) is 104. The van der Waals surface area contributed by atoms with Crippen LogP contribution in [0.3, 0.4) is 0 Å². The summed E-state index contributed by atoms with van der Waals surface area (Å²) >= 11 is 0. The Morgan fingerprint density at radius 3 is 0.796 bits per heavy atom. The Kier molecular flexibility index (Phi) is 47.5. The molecule has 2 atom stereocenters. The van der Waals surface area contributed by atoms with Gasteiger partial charge in [0.15, 0.2) is 0 Å². The van der Waals surface area contributed by atoms with E-state index in [1.807, 2.05) is 194 Å². The molecule has 11 N–H and O–H groups in total. The third-order valence-electron chi connectivity index (χ3n) is 27.7. The van der Waals surface area contributed by atoms with Crippen LogP contribution in [0.4, 0.5) is 0 Å². The SMILES string of the molecule is CCC(C)c1c(C)cc(O)cc1C.CCCCCCc1c(C)cc(O)cc1C.CCCCc1c(C)cc(O)cc1C.CCc1c(C)cc(O)cc1C.CCc1c(C)cc(O)cc1C.Cc1cc(O)cc(C)c1C1CC1.Cc1cc(O)cc(C)c1C1CCCC1.Cc1cc(O)cc(C)c1C1CCCCC1.Cc1cc(O)cc(C)c1Cc1ccccc1.Cc1cc(O)cc(O)c1C(C)c1ccccc1. The Labute approximate surface area is 826 Å². The highest BCUT2D eigenvalue weighted by atomic mass is 16.3. The Balaban J connectivity index is 0.000000234. The molecule has 12 aromatic carbocycles. The van der Waals surface area contributed by atoms with E-state index in [1.54, 1.807) is 6.07 Å². The summed E-state index contributed by atoms with van der Waals surface area (Å²) in [5.41, 5.74) is 38.8. The molecule has 11 nitrogen and oxygen atoms in total. The van der Waals surface area contributed by atoms with Gasteiger partial charge in [0.1, 0.15) is 63.2 Å². The molecule has 740 valence electrons. The Bertz CT molecular complexity index is 5470. The second-order valence-corrected chi connectivity index (χ2v) is 39.3. The minimum absolute atomic E-state index is 0.101. The maximum atomic E-state index is 9.94. The van der Waals surface area contributed by atoms with E-state index in [-0.39, 0.29) is 17.4 Å². The van der Waals surface area contributed by atoms with Crippen molar-refractivity contribution in [3.05, 3.63) is 354 Å². The Morgan fingerprint density at radius 2 is 0.504 bits per heavy atom. The van der Waals surface area contributed by atoms with Gasteiger partial charge in [0.25, 0.3) is 0 Å². The van der Waals surface area contributed by atoms with Crippen molar-refractivity contribution < 1.29 is 56.2 Å². The molecule has 0 aromatic heterocycles. The number of phenolic OH excluding ortho intramolecular Hbond substituents is 11. The molecule has 15 rings (SSSR count). The van der Waals surface area contributed by atoms with Gasteiger partial charge in [0.05, 0.1) is 0 Å². The fourth-order valence-corrected chi connectivity index (χ4v) is 20.8. The molecule has 3 aliphatic carbocycles. The van der Waals surface area contributed by atoms with Crippen molar-refractivity contribution in [1.29, 1.82) is 0 Å². The first kappa shape index (κ1) is 114. The molecule has 11 heteroatoms. The lowest BCUT2D eigenvalue weighted by molar-refractivity contribution is 0.438. The fourth-order valence-electron chi connectivity index (χ4n) is 20.8. The van der Waals surface area contributed by atoms with Crippen LogP contribution in [0.1, 0.15) is 366 Å². The number of rotatable bonds is 19. The van der Waals surface area contributed by atoms with Crippen LogP contribution in [0.2, 0.25) is 0 Å². The molecule has 0 spiro atoms. The topological polar surface area (TPSA) is 223 Å². The molecule has 0 amide bonds. The molecule has 0 bridgehead atoms. The molecule has 2 unspecified atom stereocenters. The predicted molar refractivity (Wildman–Crippen MR) is 579 cm³/mol. The van der Waals surface area contributed by atoms with Crippen LogP contribution in [0.5, 0.6) is 63.2 Å². The van der Waals surface area contributed by atoms with Crippen LogP contribution < -0.4 is 0 Å². The first-order chi connectivity index (χ1) is 64.9. The first-order valence-corrected chi connectivity index (χ1v) is 50.7. The monoisotopic (exact) mass is 1860 g/mol. The van der Waals surface area contributed by atoms with Gasteiger partial charge in [0, 0.05) is 17.5 Å². The Morgan fingerprint density at radius 1 is 0.248 bits per heavy atom. The molecular formula is C126H170O11. The summed E-state index contributed by atoms with van der Waals surface area (Å²) in [6.07, 6.45) is 28.9. The second kappa shape index (κ2) is 57.0. The van der Waals surface area contributed by atoms with E-state index in [0.29, 0.717) is 57.7 Å². The van der Waals surface area contributed by atoms with Gasteiger partial charge in [-0.1, -0.05) is 167 Å². The highest BCUT2D eigenvalue weighted by Gasteiger charge is 2.28. The van der Waals surface area contributed by atoms with Gasteiger partial charge in [-0.05, 0) is 527 Å². The lowest BCUT2D eigenvalue weighted by atomic mass is 9.80. The van der Waals surface area contributed by atoms with Crippen LogP contribution in [0, 0.1) is 132 Å². The zero-order valence-electron chi connectivity index (χ0n) is 88.4. The average molecular weight is 1860 g/mol. The zero-order valence-corrected chi connectivity index (χ0v) is 88.4. The minimum atomic E-state index is 0.101. The van der Waals surface area contributed by atoms with Crippen LogP contribution in [0.25, 0.3) is 0 Å². The molecule has 3 fully saturated rings. The van der Waals surface area contributed by atoms with E-state index in [2.05, 4.69) is 156 Å². The largest absolute Gasteiger partial charge is 0.508 e. The number of aryl methyl sites for hydroxylation is 19. The lowest BCUT2D eigenvalue weighted by Crippen LogP contribution is -2.07. The zero-order chi connectivity index (χ0) is 102. The van der Waals surface area contributed by atoms with Gasteiger partial charge in [0.2, 0.25) is 0 Å². The van der Waals surface area contributed by atoms with E-state index in [9.17, 15) is 56.2 Å². The molecule has 0 radical (unpaired) electrons. The van der Waals surface area contributed by atoms with E-state index in [1.165, 1.54) is 260 Å². The summed E-state index contributed by atoms with van der Waals surface area (Å²) in [6.45, 7) is 54.4. The molecule has 0 heterocycles. The van der Waals surface area contributed by atoms with Gasteiger partial charge in [-0.2, -0.15) is 0 Å². The van der Waals surface area contributed by atoms with Crippen molar-refractivity contribution in [2.24, 2.45) is 0 Å². The molecule has 3 saturated carbocycles. The Hall–Kier alpha value is -11.6. The summed E-state index contributed by atoms with van der Waals surface area (Å²) in [7, 11) is 0. The predicted octanol–water partition coefficient (Wildman–Crippen LogP) is 33.9. The number of hydrogen-bond acceptors (Lipinski definition) is 11. The summed E-state index contributed by atoms with van der Waals surface area (Å²) in [4.78, 5) is 0. The van der Waals surface area contributed by atoms with E-state index in [4.69, 9.17) is 0 Å². The van der Waals surface area contributed by atoms with Gasteiger partial charge in [-0.3, -0.25) is 0 Å². The highest BCUT2D eigenvalue weighted by Crippen LogP contribution is 2.45. The van der Waals surface area contributed by atoms with E-state index in [0.717, 1.165) is 84.1 Å². The number of hydrogen-bond donors (Lipinski definition) is 11. The molecule has 3 aliphatic rings. The van der Waals surface area contributed by atoms with Crippen LogP contribution >= 0.6 is 0 Å². The van der Waals surface area contributed by atoms with Crippen molar-refractivity contribution in [2.45, 2.75) is 357 Å². The first-order valence-electron chi connectivity index (χ1n) is 50.7. The van der Waals surface area contributed by atoms with Crippen molar-refractivity contribution in [3.8, 4) is 63.2 Å². The maximum absolute atomic E-state index is 9.94. The number of phenols is 11. The molecule has 137 heavy (non-hydrogen) atoms. The van der Waals surface area contributed by atoms with Crippen LogP contribution in [-0.4, -0.2) is 56.2 Å².